The highest BCUT2D eigenvalue weighted by atomic mass is 35.5. The molecule has 0 atom stereocenters. The SMILES string of the molecule is Cc1nc(Nc2ccc(OCc3ccc(Cl)cc3)cc2)c2c(-c3ccc(F)cc3)c(C)sc2n1. The van der Waals surface area contributed by atoms with Crippen LogP contribution in [-0.2, 0) is 6.61 Å². The molecule has 0 saturated carbocycles. The predicted octanol–water partition coefficient (Wildman–Crippen LogP) is 8.09. The van der Waals surface area contributed by atoms with E-state index in [-0.39, 0.29) is 5.82 Å². The van der Waals surface area contributed by atoms with Gasteiger partial charge in [-0.15, -0.1) is 11.3 Å². The smallest absolute Gasteiger partial charge is 0.143 e. The Balaban J connectivity index is 1.42. The molecule has 0 radical (unpaired) electrons. The van der Waals surface area contributed by atoms with E-state index in [1.54, 1.807) is 23.5 Å². The lowest BCUT2D eigenvalue weighted by Crippen LogP contribution is -1.99. The second-order valence-corrected chi connectivity index (χ2v) is 9.54. The number of aromatic nitrogens is 2. The summed E-state index contributed by atoms with van der Waals surface area (Å²) < 4.78 is 19.4. The molecule has 0 aliphatic heterocycles. The normalized spacial score (nSPS) is 11.1. The lowest BCUT2D eigenvalue weighted by molar-refractivity contribution is 0.306. The number of thiophene rings is 1. The third-order valence-electron chi connectivity index (χ3n) is 5.41. The molecule has 2 aromatic heterocycles. The zero-order chi connectivity index (χ0) is 23.7. The summed E-state index contributed by atoms with van der Waals surface area (Å²) in [6.07, 6.45) is 0. The van der Waals surface area contributed by atoms with Gasteiger partial charge < -0.3 is 10.1 Å². The van der Waals surface area contributed by atoms with E-state index in [1.807, 2.05) is 55.5 Å². The Morgan fingerprint density at radius 2 is 1.62 bits per heavy atom. The highest BCUT2D eigenvalue weighted by molar-refractivity contribution is 7.19. The number of fused-ring (bicyclic) bond motifs is 1. The number of hydrogen-bond donors (Lipinski definition) is 1. The summed E-state index contributed by atoms with van der Waals surface area (Å²) in [6, 6.07) is 21.9. The topological polar surface area (TPSA) is 47.0 Å². The first kappa shape index (κ1) is 22.3. The zero-order valence-corrected chi connectivity index (χ0v) is 20.2. The zero-order valence-electron chi connectivity index (χ0n) is 18.6. The fourth-order valence-electron chi connectivity index (χ4n) is 3.79. The summed E-state index contributed by atoms with van der Waals surface area (Å²) in [6.45, 7) is 4.40. The Bertz CT molecular complexity index is 1450. The van der Waals surface area contributed by atoms with Crippen LogP contribution in [0.2, 0.25) is 5.02 Å². The van der Waals surface area contributed by atoms with E-state index in [0.717, 1.165) is 49.0 Å². The van der Waals surface area contributed by atoms with Crippen LogP contribution in [0.25, 0.3) is 21.3 Å². The van der Waals surface area contributed by atoms with Gasteiger partial charge in [-0.1, -0.05) is 35.9 Å². The fourth-order valence-corrected chi connectivity index (χ4v) is 5.01. The van der Waals surface area contributed by atoms with E-state index in [4.69, 9.17) is 16.3 Å². The first-order chi connectivity index (χ1) is 16.5. The third kappa shape index (κ3) is 4.74. The molecular weight excluding hydrogens is 469 g/mol. The number of benzene rings is 3. The highest BCUT2D eigenvalue weighted by Gasteiger charge is 2.18. The number of rotatable bonds is 6. The first-order valence-electron chi connectivity index (χ1n) is 10.7. The van der Waals surface area contributed by atoms with Crippen molar-refractivity contribution in [3.8, 4) is 16.9 Å². The van der Waals surface area contributed by atoms with Crippen molar-refractivity contribution in [1.29, 1.82) is 0 Å². The summed E-state index contributed by atoms with van der Waals surface area (Å²) >= 11 is 7.55. The van der Waals surface area contributed by atoms with Gasteiger partial charge in [0.05, 0.1) is 5.39 Å². The molecule has 7 heteroatoms. The number of hydrogen-bond acceptors (Lipinski definition) is 5. The van der Waals surface area contributed by atoms with Crippen LogP contribution < -0.4 is 10.1 Å². The predicted molar refractivity (Wildman–Crippen MR) is 138 cm³/mol. The summed E-state index contributed by atoms with van der Waals surface area (Å²) in [5.74, 6) is 1.92. The molecule has 0 saturated heterocycles. The maximum absolute atomic E-state index is 13.5. The van der Waals surface area contributed by atoms with Crippen molar-refractivity contribution < 1.29 is 9.13 Å². The molecule has 2 heterocycles. The maximum atomic E-state index is 13.5. The second-order valence-electron chi connectivity index (χ2n) is 7.90. The van der Waals surface area contributed by atoms with Crippen LogP contribution in [0.15, 0.2) is 72.8 Å². The molecule has 0 aliphatic carbocycles. The van der Waals surface area contributed by atoms with Crippen molar-refractivity contribution in [2.45, 2.75) is 20.5 Å². The van der Waals surface area contributed by atoms with E-state index >= 15 is 0 Å². The van der Waals surface area contributed by atoms with E-state index in [1.165, 1.54) is 12.1 Å². The van der Waals surface area contributed by atoms with Gasteiger partial charge in [-0.2, -0.15) is 0 Å². The van der Waals surface area contributed by atoms with Gasteiger partial charge in [0.2, 0.25) is 0 Å². The van der Waals surface area contributed by atoms with Crippen LogP contribution in [0.1, 0.15) is 16.3 Å². The fraction of sp³-hybridized carbons (Fsp3) is 0.111. The summed E-state index contributed by atoms with van der Waals surface area (Å²) in [5, 5.41) is 5.08. The molecule has 4 nitrogen and oxygen atoms in total. The van der Waals surface area contributed by atoms with Crippen molar-refractivity contribution in [2.24, 2.45) is 0 Å². The Labute approximate surface area is 206 Å². The Kier molecular flexibility index (Phi) is 6.18. The number of anilines is 2. The lowest BCUT2D eigenvalue weighted by Gasteiger charge is -2.11. The summed E-state index contributed by atoms with van der Waals surface area (Å²) in [5.41, 5.74) is 3.88. The van der Waals surface area contributed by atoms with E-state index in [0.29, 0.717) is 17.5 Å². The Hall–Kier alpha value is -3.48. The largest absolute Gasteiger partial charge is 0.489 e. The highest BCUT2D eigenvalue weighted by Crippen LogP contribution is 2.41. The third-order valence-corrected chi connectivity index (χ3v) is 6.66. The van der Waals surface area contributed by atoms with Crippen LogP contribution in [0.5, 0.6) is 5.75 Å². The van der Waals surface area contributed by atoms with Gasteiger partial charge >= 0.3 is 0 Å². The molecule has 0 aliphatic rings. The molecule has 0 bridgehead atoms. The van der Waals surface area contributed by atoms with Gasteiger partial charge in [-0.05, 0) is 73.5 Å². The Morgan fingerprint density at radius 1 is 0.912 bits per heavy atom. The standard InChI is InChI=1S/C27H21ClFN3OS/c1-16-24(19-5-9-21(29)10-6-19)25-26(30-17(2)31-27(25)34-16)32-22-11-13-23(14-12-22)33-15-18-3-7-20(28)8-4-18/h3-14H,15H2,1-2H3,(H,30,31,32). The quantitative estimate of drug-likeness (QED) is 0.262. The molecule has 0 spiro atoms. The number of nitrogens with zero attached hydrogens (tertiary/aromatic N) is 2. The van der Waals surface area contributed by atoms with Crippen molar-refractivity contribution in [1.82, 2.24) is 9.97 Å². The van der Waals surface area contributed by atoms with Crippen LogP contribution in [0, 0.1) is 19.7 Å². The minimum Gasteiger partial charge on any atom is -0.489 e. The Morgan fingerprint density at radius 3 is 2.32 bits per heavy atom. The van der Waals surface area contributed by atoms with Crippen molar-refractivity contribution in [2.75, 3.05) is 5.32 Å². The lowest BCUT2D eigenvalue weighted by atomic mass is 10.0. The summed E-state index contributed by atoms with van der Waals surface area (Å²) in [4.78, 5) is 11.3. The van der Waals surface area contributed by atoms with Crippen molar-refractivity contribution in [3.05, 3.63) is 99.9 Å². The molecule has 0 fully saturated rings. The van der Waals surface area contributed by atoms with Gasteiger partial charge in [0, 0.05) is 21.2 Å². The van der Waals surface area contributed by atoms with Crippen LogP contribution >= 0.6 is 22.9 Å². The van der Waals surface area contributed by atoms with Crippen molar-refractivity contribution in [3.63, 3.8) is 0 Å². The monoisotopic (exact) mass is 489 g/mol. The molecule has 0 amide bonds. The molecular formula is C27H21ClFN3OS. The van der Waals surface area contributed by atoms with Gasteiger partial charge in [-0.3, -0.25) is 0 Å². The van der Waals surface area contributed by atoms with Gasteiger partial charge in [0.15, 0.2) is 0 Å². The summed E-state index contributed by atoms with van der Waals surface area (Å²) in [7, 11) is 0. The van der Waals surface area contributed by atoms with Crippen molar-refractivity contribution >= 4 is 44.7 Å². The molecule has 5 rings (SSSR count). The molecule has 170 valence electrons. The van der Waals surface area contributed by atoms with Crippen LogP contribution in [-0.4, -0.2) is 9.97 Å². The molecule has 0 unspecified atom stereocenters. The van der Waals surface area contributed by atoms with E-state index in [9.17, 15) is 4.39 Å². The minimum atomic E-state index is -0.259. The van der Waals surface area contributed by atoms with Gasteiger partial charge in [0.25, 0.3) is 0 Å². The molecule has 3 aromatic carbocycles. The number of nitrogens with one attached hydrogen (secondary N) is 1. The second kappa shape index (κ2) is 9.41. The van der Waals surface area contributed by atoms with E-state index < -0.39 is 0 Å². The van der Waals surface area contributed by atoms with Gasteiger partial charge in [-0.25, -0.2) is 14.4 Å². The molecule has 1 N–H and O–H groups in total. The molecule has 34 heavy (non-hydrogen) atoms. The average molecular weight is 490 g/mol. The minimum absolute atomic E-state index is 0.259. The number of aryl methyl sites for hydroxylation is 2. The maximum Gasteiger partial charge on any atom is 0.143 e. The van der Waals surface area contributed by atoms with Gasteiger partial charge in [0.1, 0.15) is 34.6 Å². The van der Waals surface area contributed by atoms with E-state index in [2.05, 4.69) is 22.2 Å². The van der Waals surface area contributed by atoms with Crippen LogP contribution in [0.3, 0.4) is 0 Å². The molecule has 5 aromatic rings. The average Bonchev–Trinajstić information content (AvgIpc) is 3.16. The number of ether oxygens (including phenoxy) is 1. The number of halogens is 2. The van der Waals surface area contributed by atoms with Crippen LogP contribution in [0.4, 0.5) is 15.9 Å². The first-order valence-corrected chi connectivity index (χ1v) is 11.9.